The van der Waals surface area contributed by atoms with E-state index in [2.05, 4.69) is 20.3 Å². The van der Waals surface area contributed by atoms with Crippen LogP contribution < -0.4 is 10.2 Å². The summed E-state index contributed by atoms with van der Waals surface area (Å²) in [5.41, 5.74) is 1.66. The number of aromatic nitrogens is 3. The van der Waals surface area contributed by atoms with E-state index < -0.39 is 4.92 Å². The Bertz CT molecular complexity index is 1330. The van der Waals surface area contributed by atoms with Crippen LogP contribution in [0.3, 0.4) is 0 Å². The van der Waals surface area contributed by atoms with Crippen molar-refractivity contribution in [2.24, 2.45) is 0 Å². The van der Waals surface area contributed by atoms with Gasteiger partial charge in [0.25, 0.3) is 0 Å². The molecule has 33 heavy (non-hydrogen) atoms. The zero-order valence-electron chi connectivity index (χ0n) is 17.5. The lowest BCUT2D eigenvalue weighted by Crippen LogP contribution is -2.37. The van der Waals surface area contributed by atoms with Crippen LogP contribution in [-0.4, -0.2) is 52.0 Å². The number of morpholine rings is 1. The summed E-state index contributed by atoms with van der Waals surface area (Å²) in [6.45, 7) is 2.23. The van der Waals surface area contributed by atoms with Crippen LogP contribution in [0.4, 0.5) is 23.1 Å². The molecule has 10 heteroatoms. The highest BCUT2D eigenvalue weighted by atomic mass is 16.6. The monoisotopic (exact) mass is 444 g/mol. The van der Waals surface area contributed by atoms with Crippen LogP contribution in [0.2, 0.25) is 0 Å². The number of fused-ring (bicyclic) bond motifs is 1. The number of hydrogen-bond donors (Lipinski definition) is 2. The highest BCUT2D eigenvalue weighted by molar-refractivity contribution is 6.16. The molecule has 0 radical (unpaired) electrons. The van der Waals surface area contributed by atoms with Gasteiger partial charge in [-0.1, -0.05) is 48.5 Å². The Hall–Kier alpha value is -4.31. The maximum atomic E-state index is 13.3. The molecular formula is C23H20N6O4. The molecule has 1 aliphatic heterocycles. The van der Waals surface area contributed by atoms with E-state index in [9.17, 15) is 14.9 Å². The summed E-state index contributed by atoms with van der Waals surface area (Å²) >= 11 is 0. The van der Waals surface area contributed by atoms with Gasteiger partial charge in [0.2, 0.25) is 17.5 Å². The number of nitrogens with zero attached hydrogens (tertiary/aromatic N) is 4. The molecule has 5 rings (SSSR count). The van der Waals surface area contributed by atoms with Gasteiger partial charge in [0, 0.05) is 29.6 Å². The number of aromatic amines is 1. The van der Waals surface area contributed by atoms with Gasteiger partial charge in [-0.15, -0.1) is 0 Å². The summed E-state index contributed by atoms with van der Waals surface area (Å²) in [7, 11) is 0. The quantitative estimate of drug-likeness (QED) is 0.262. The molecule has 2 aromatic carbocycles. The van der Waals surface area contributed by atoms with Crippen molar-refractivity contribution in [3.8, 4) is 0 Å². The molecule has 1 fully saturated rings. The van der Waals surface area contributed by atoms with Crippen molar-refractivity contribution in [3.63, 3.8) is 0 Å². The second kappa shape index (κ2) is 8.67. The molecule has 0 amide bonds. The van der Waals surface area contributed by atoms with E-state index in [1.807, 2.05) is 35.2 Å². The summed E-state index contributed by atoms with van der Waals surface area (Å²) in [5.74, 6) is 0.143. The maximum Gasteiger partial charge on any atom is 0.329 e. The first-order chi connectivity index (χ1) is 16.1. The predicted octanol–water partition coefficient (Wildman–Crippen LogP) is 3.68. The number of carbonyl (C=O) groups excluding carboxylic acids is 1. The van der Waals surface area contributed by atoms with Crippen LogP contribution in [0.15, 0.2) is 60.8 Å². The van der Waals surface area contributed by atoms with Gasteiger partial charge in [-0.3, -0.25) is 14.9 Å². The van der Waals surface area contributed by atoms with E-state index >= 15 is 0 Å². The Morgan fingerprint density at radius 3 is 2.58 bits per heavy atom. The largest absolute Gasteiger partial charge is 0.378 e. The van der Waals surface area contributed by atoms with Crippen molar-refractivity contribution in [1.82, 2.24) is 15.0 Å². The molecule has 1 aliphatic rings. The minimum Gasteiger partial charge on any atom is -0.378 e. The molecule has 0 spiro atoms. The molecule has 166 valence electrons. The molecule has 0 unspecified atom stereocenters. The number of anilines is 3. The number of carbonyl (C=O) groups is 1. The van der Waals surface area contributed by atoms with Crippen molar-refractivity contribution in [2.75, 3.05) is 36.5 Å². The molecule has 1 saturated heterocycles. The Morgan fingerprint density at radius 2 is 1.82 bits per heavy atom. The first kappa shape index (κ1) is 20.6. The van der Waals surface area contributed by atoms with Gasteiger partial charge in [-0.2, -0.15) is 4.98 Å². The third-order valence-corrected chi connectivity index (χ3v) is 5.46. The second-order valence-corrected chi connectivity index (χ2v) is 7.50. The summed E-state index contributed by atoms with van der Waals surface area (Å²) in [6.07, 6.45) is 1.19. The van der Waals surface area contributed by atoms with E-state index in [0.29, 0.717) is 49.2 Å². The Labute approximate surface area is 188 Å². The van der Waals surface area contributed by atoms with Crippen LogP contribution in [0.1, 0.15) is 16.1 Å². The minimum absolute atomic E-state index is 0.0170. The van der Waals surface area contributed by atoms with Crippen molar-refractivity contribution in [3.05, 3.63) is 82.2 Å². The van der Waals surface area contributed by atoms with Gasteiger partial charge in [0.05, 0.1) is 23.8 Å². The van der Waals surface area contributed by atoms with E-state index in [1.54, 1.807) is 24.3 Å². The van der Waals surface area contributed by atoms with Gasteiger partial charge < -0.3 is 19.9 Å². The number of rotatable bonds is 6. The number of nitro groups is 1. The highest BCUT2D eigenvalue weighted by Gasteiger charge is 2.25. The third kappa shape index (κ3) is 3.99. The maximum absolute atomic E-state index is 13.3. The summed E-state index contributed by atoms with van der Waals surface area (Å²) in [5, 5.41) is 15.5. The van der Waals surface area contributed by atoms with E-state index in [1.165, 1.54) is 6.20 Å². The van der Waals surface area contributed by atoms with Crippen molar-refractivity contribution in [1.29, 1.82) is 0 Å². The van der Waals surface area contributed by atoms with Crippen LogP contribution >= 0.6 is 0 Å². The predicted molar refractivity (Wildman–Crippen MR) is 123 cm³/mol. The fourth-order valence-corrected chi connectivity index (χ4v) is 3.80. The van der Waals surface area contributed by atoms with Crippen LogP contribution in [0.25, 0.3) is 10.9 Å². The summed E-state index contributed by atoms with van der Waals surface area (Å²) in [4.78, 5) is 38.2. The second-order valence-electron chi connectivity index (χ2n) is 7.50. The van der Waals surface area contributed by atoms with Crippen LogP contribution in [0, 0.1) is 10.1 Å². The first-order valence-electron chi connectivity index (χ1n) is 10.4. The molecule has 4 aromatic rings. The summed E-state index contributed by atoms with van der Waals surface area (Å²) in [6, 6.07) is 16.2. The Kier molecular flexibility index (Phi) is 5.41. The van der Waals surface area contributed by atoms with Gasteiger partial charge in [-0.25, -0.2) is 4.98 Å². The smallest absolute Gasteiger partial charge is 0.329 e. The lowest BCUT2D eigenvalue weighted by molar-refractivity contribution is -0.384. The lowest BCUT2D eigenvalue weighted by Gasteiger charge is -2.26. The third-order valence-electron chi connectivity index (χ3n) is 5.46. The standard InChI is InChI=1S/C23H20N6O4/c30-21(15-6-2-1-3-7-15)20-19(16-8-4-5-9-17(16)25-20)26-22-18(29(31)32)14-24-23(27-22)28-10-12-33-13-11-28/h1-9,14,25H,10-13H2,(H,24,26,27). The number of ketones is 1. The molecule has 0 atom stereocenters. The Morgan fingerprint density at radius 1 is 1.09 bits per heavy atom. The SMILES string of the molecule is O=C(c1ccccc1)c1[nH]c2ccccc2c1Nc1nc(N2CCOCC2)ncc1[N+](=O)[O-]. The zero-order chi connectivity index (χ0) is 22.8. The zero-order valence-corrected chi connectivity index (χ0v) is 17.5. The normalized spacial score (nSPS) is 13.8. The van der Waals surface area contributed by atoms with Gasteiger partial charge in [-0.05, 0) is 6.07 Å². The van der Waals surface area contributed by atoms with E-state index in [-0.39, 0.29) is 17.3 Å². The fraction of sp³-hybridized carbons (Fsp3) is 0.174. The number of hydrogen-bond acceptors (Lipinski definition) is 8. The molecular weight excluding hydrogens is 424 g/mol. The topological polar surface area (TPSA) is 126 Å². The minimum atomic E-state index is -0.543. The lowest BCUT2D eigenvalue weighted by atomic mass is 10.1. The first-order valence-corrected chi connectivity index (χ1v) is 10.4. The number of benzene rings is 2. The average Bonchev–Trinajstić information content (AvgIpc) is 3.23. The molecule has 0 bridgehead atoms. The van der Waals surface area contributed by atoms with Crippen molar-refractivity contribution >= 4 is 39.8 Å². The molecule has 2 aromatic heterocycles. The molecule has 3 heterocycles. The molecule has 0 aliphatic carbocycles. The van der Waals surface area contributed by atoms with Crippen molar-refractivity contribution in [2.45, 2.75) is 0 Å². The van der Waals surface area contributed by atoms with Gasteiger partial charge in [0.1, 0.15) is 11.9 Å². The van der Waals surface area contributed by atoms with E-state index in [0.717, 1.165) is 10.9 Å². The van der Waals surface area contributed by atoms with Crippen LogP contribution in [-0.2, 0) is 4.74 Å². The van der Waals surface area contributed by atoms with Gasteiger partial charge in [0.15, 0.2) is 0 Å². The number of H-pyrrole nitrogens is 1. The fourth-order valence-electron chi connectivity index (χ4n) is 3.80. The van der Waals surface area contributed by atoms with E-state index in [4.69, 9.17) is 4.74 Å². The number of nitrogens with one attached hydrogen (secondary N) is 2. The summed E-state index contributed by atoms with van der Waals surface area (Å²) < 4.78 is 5.37. The molecule has 10 nitrogen and oxygen atoms in total. The average molecular weight is 444 g/mol. The van der Waals surface area contributed by atoms with Crippen molar-refractivity contribution < 1.29 is 14.5 Å². The molecule has 0 saturated carbocycles. The number of para-hydroxylation sites is 1. The van der Waals surface area contributed by atoms with Gasteiger partial charge >= 0.3 is 5.69 Å². The van der Waals surface area contributed by atoms with Crippen LogP contribution in [0.5, 0.6) is 0 Å². The highest BCUT2D eigenvalue weighted by Crippen LogP contribution is 2.34. The number of ether oxygens (including phenoxy) is 1. The molecule has 2 N–H and O–H groups in total. The Balaban J connectivity index is 1.61.